The monoisotopic (exact) mass is 290 g/mol. The van der Waals surface area contributed by atoms with Crippen LogP contribution in [0.15, 0.2) is 12.1 Å². The van der Waals surface area contributed by atoms with E-state index >= 15 is 0 Å². The zero-order chi connectivity index (χ0) is 12.6. The van der Waals surface area contributed by atoms with Gasteiger partial charge in [-0.3, -0.25) is 0 Å². The molecule has 0 amide bonds. The van der Waals surface area contributed by atoms with Crippen LogP contribution in [0.5, 0.6) is 0 Å². The summed E-state index contributed by atoms with van der Waals surface area (Å²) in [5.41, 5.74) is 0.576. The van der Waals surface area contributed by atoms with E-state index in [-0.39, 0.29) is 11.5 Å². The Hall–Kier alpha value is -0.810. The van der Waals surface area contributed by atoms with Gasteiger partial charge < -0.3 is 9.84 Å². The highest BCUT2D eigenvalue weighted by Gasteiger charge is 2.20. The van der Waals surface area contributed by atoms with Crippen LogP contribution in [-0.2, 0) is 11.3 Å². The first-order valence-corrected chi connectivity index (χ1v) is 6.25. The molecule has 2 aromatic rings. The number of aromatic carboxylic acids is 1. The molecule has 0 atom stereocenters. The first-order chi connectivity index (χ1) is 8.06. The molecule has 0 fully saturated rings. The predicted octanol–water partition coefficient (Wildman–Crippen LogP) is 4.05. The highest BCUT2D eigenvalue weighted by atomic mass is 35.5. The fraction of sp³-hybridized carbons (Fsp3) is 0.182. The van der Waals surface area contributed by atoms with Gasteiger partial charge in [0.2, 0.25) is 0 Å². The van der Waals surface area contributed by atoms with Crippen molar-refractivity contribution >= 4 is 50.6 Å². The number of ether oxygens (including phenoxy) is 1. The minimum atomic E-state index is -0.995. The van der Waals surface area contributed by atoms with Gasteiger partial charge >= 0.3 is 5.97 Å². The van der Waals surface area contributed by atoms with E-state index < -0.39 is 5.97 Å². The van der Waals surface area contributed by atoms with Gasteiger partial charge in [-0.2, -0.15) is 0 Å². The zero-order valence-corrected chi connectivity index (χ0v) is 11.1. The van der Waals surface area contributed by atoms with Gasteiger partial charge in [0.1, 0.15) is 4.88 Å². The quantitative estimate of drug-likeness (QED) is 0.927. The summed E-state index contributed by atoms with van der Waals surface area (Å²) >= 11 is 13.2. The molecule has 0 aliphatic rings. The number of hydrogen-bond acceptors (Lipinski definition) is 3. The van der Waals surface area contributed by atoms with Gasteiger partial charge in [-0.05, 0) is 12.1 Å². The second-order valence-corrected chi connectivity index (χ2v) is 5.22. The molecule has 0 saturated carbocycles. The molecular weight excluding hydrogens is 283 g/mol. The van der Waals surface area contributed by atoms with Gasteiger partial charge in [-0.1, -0.05) is 23.2 Å². The fourth-order valence-corrected chi connectivity index (χ4v) is 3.32. The van der Waals surface area contributed by atoms with Crippen molar-refractivity contribution in [1.82, 2.24) is 0 Å². The highest BCUT2D eigenvalue weighted by Crippen LogP contribution is 2.40. The number of methoxy groups -OCH3 is 1. The van der Waals surface area contributed by atoms with E-state index in [4.69, 9.17) is 33.0 Å². The summed E-state index contributed by atoms with van der Waals surface area (Å²) in [6.45, 7) is 0.196. The van der Waals surface area contributed by atoms with Crippen LogP contribution in [0.4, 0.5) is 0 Å². The molecule has 2 rings (SSSR count). The molecule has 0 saturated heterocycles. The van der Waals surface area contributed by atoms with Crippen molar-refractivity contribution in [3.8, 4) is 0 Å². The summed E-state index contributed by atoms with van der Waals surface area (Å²) in [7, 11) is 1.51. The Morgan fingerprint density at radius 2 is 2.06 bits per heavy atom. The third-order valence-corrected chi connectivity index (χ3v) is 4.32. The van der Waals surface area contributed by atoms with Gasteiger partial charge in [0.25, 0.3) is 0 Å². The number of fused-ring (bicyclic) bond motifs is 1. The van der Waals surface area contributed by atoms with Crippen molar-refractivity contribution in [2.45, 2.75) is 6.61 Å². The number of carboxylic acid groups (broad SMARTS) is 1. The lowest BCUT2D eigenvalue weighted by Crippen LogP contribution is -1.98. The molecule has 17 heavy (non-hydrogen) atoms. The van der Waals surface area contributed by atoms with Crippen molar-refractivity contribution in [3.63, 3.8) is 0 Å². The van der Waals surface area contributed by atoms with Crippen LogP contribution in [0.25, 0.3) is 10.1 Å². The number of rotatable bonds is 3. The predicted molar refractivity (Wildman–Crippen MR) is 69.5 cm³/mol. The smallest absolute Gasteiger partial charge is 0.346 e. The normalized spacial score (nSPS) is 11.0. The Morgan fingerprint density at radius 3 is 2.65 bits per heavy atom. The summed E-state index contributed by atoms with van der Waals surface area (Å²) < 4.78 is 5.71. The minimum Gasteiger partial charge on any atom is -0.477 e. The highest BCUT2D eigenvalue weighted by molar-refractivity contribution is 7.21. The first-order valence-electron chi connectivity index (χ1n) is 4.68. The Balaban J connectivity index is 2.84. The van der Waals surface area contributed by atoms with Crippen LogP contribution in [0.1, 0.15) is 15.2 Å². The van der Waals surface area contributed by atoms with Gasteiger partial charge in [0, 0.05) is 23.1 Å². The van der Waals surface area contributed by atoms with Crippen LogP contribution in [0.3, 0.4) is 0 Å². The Kier molecular flexibility index (Phi) is 3.58. The molecule has 1 heterocycles. The Morgan fingerprint density at radius 1 is 1.41 bits per heavy atom. The van der Waals surface area contributed by atoms with Crippen LogP contribution in [0.2, 0.25) is 10.0 Å². The molecule has 6 heteroatoms. The Labute approximate surface area is 112 Å². The van der Waals surface area contributed by atoms with E-state index in [1.165, 1.54) is 7.11 Å². The number of carbonyl (C=O) groups is 1. The summed E-state index contributed by atoms with van der Waals surface area (Å²) in [5.74, 6) is -0.995. The molecular formula is C11H8Cl2O3S. The zero-order valence-electron chi connectivity index (χ0n) is 8.79. The van der Waals surface area contributed by atoms with Gasteiger partial charge in [-0.25, -0.2) is 4.79 Å². The summed E-state index contributed by atoms with van der Waals surface area (Å²) in [6.07, 6.45) is 0. The molecule has 0 aliphatic carbocycles. The number of halogens is 2. The molecule has 0 unspecified atom stereocenters. The molecule has 90 valence electrons. The molecule has 0 radical (unpaired) electrons. The molecule has 1 N–H and O–H groups in total. The SMILES string of the molecule is COCc1c(C(=O)O)sc2c(Cl)ccc(Cl)c12. The Bertz CT molecular complexity index is 592. The van der Waals surface area contributed by atoms with Crippen molar-refractivity contribution in [2.75, 3.05) is 7.11 Å². The van der Waals surface area contributed by atoms with Gasteiger partial charge in [0.15, 0.2) is 0 Å². The molecule has 1 aromatic carbocycles. The maximum Gasteiger partial charge on any atom is 0.346 e. The molecule has 0 spiro atoms. The number of thiophene rings is 1. The minimum absolute atomic E-state index is 0.196. The first kappa shape index (κ1) is 12.6. The summed E-state index contributed by atoms with van der Waals surface area (Å²) in [5, 5.41) is 10.8. The largest absolute Gasteiger partial charge is 0.477 e. The van der Waals surface area contributed by atoms with Crippen LogP contribution in [0, 0.1) is 0 Å². The second kappa shape index (κ2) is 4.82. The van der Waals surface area contributed by atoms with E-state index in [0.717, 1.165) is 11.3 Å². The lowest BCUT2D eigenvalue weighted by molar-refractivity contribution is 0.0698. The maximum absolute atomic E-state index is 11.2. The third-order valence-electron chi connectivity index (χ3n) is 2.32. The lowest BCUT2D eigenvalue weighted by atomic mass is 10.1. The van der Waals surface area contributed by atoms with Crippen molar-refractivity contribution in [1.29, 1.82) is 0 Å². The van der Waals surface area contributed by atoms with E-state index in [9.17, 15) is 4.79 Å². The summed E-state index contributed by atoms with van der Waals surface area (Å²) in [4.78, 5) is 11.4. The third kappa shape index (κ3) is 2.13. The number of hydrogen-bond donors (Lipinski definition) is 1. The topological polar surface area (TPSA) is 46.5 Å². The van der Waals surface area contributed by atoms with Crippen LogP contribution < -0.4 is 0 Å². The molecule has 3 nitrogen and oxygen atoms in total. The van der Waals surface area contributed by atoms with E-state index in [1.807, 2.05) is 0 Å². The molecule has 1 aromatic heterocycles. The summed E-state index contributed by atoms with van der Waals surface area (Å²) in [6, 6.07) is 3.31. The second-order valence-electron chi connectivity index (χ2n) is 3.38. The molecule has 0 aliphatic heterocycles. The van der Waals surface area contributed by atoms with Crippen molar-refractivity contribution in [3.05, 3.63) is 32.6 Å². The average Bonchev–Trinajstić information content (AvgIpc) is 2.65. The van der Waals surface area contributed by atoms with Crippen LogP contribution >= 0.6 is 34.5 Å². The molecule has 0 bridgehead atoms. The van der Waals surface area contributed by atoms with E-state index in [2.05, 4.69) is 0 Å². The lowest BCUT2D eigenvalue weighted by Gasteiger charge is -2.02. The van der Waals surface area contributed by atoms with Crippen molar-refractivity contribution < 1.29 is 14.6 Å². The van der Waals surface area contributed by atoms with Gasteiger partial charge in [0.05, 0.1) is 16.3 Å². The average molecular weight is 291 g/mol. The fourth-order valence-electron chi connectivity index (χ4n) is 1.65. The van der Waals surface area contributed by atoms with Crippen molar-refractivity contribution in [2.24, 2.45) is 0 Å². The van der Waals surface area contributed by atoms with Crippen LogP contribution in [-0.4, -0.2) is 18.2 Å². The maximum atomic E-state index is 11.2. The number of carboxylic acids is 1. The standard InChI is InChI=1S/C11H8Cl2O3S/c1-16-4-5-8-6(12)2-3-7(13)10(8)17-9(5)11(14)15/h2-3H,4H2,1H3,(H,14,15). The van der Waals surface area contributed by atoms with Gasteiger partial charge in [-0.15, -0.1) is 11.3 Å². The number of benzene rings is 1. The van der Waals surface area contributed by atoms with E-state index in [0.29, 0.717) is 25.7 Å². The van der Waals surface area contributed by atoms with E-state index in [1.54, 1.807) is 12.1 Å².